The maximum absolute atomic E-state index is 11.0. The molecule has 2 aliphatic heterocycles. The summed E-state index contributed by atoms with van der Waals surface area (Å²) in [6.07, 6.45) is 1.54. The van der Waals surface area contributed by atoms with E-state index in [0.717, 1.165) is 12.8 Å². The Labute approximate surface area is 138 Å². The molecule has 0 radical (unpaired) electrons. The fourth-order valence-corrected chi connectivity index (χ4v) is 4.21. The Morgan fingerprint density at radius 2 is 1.71 bits per heavy atom. The number of aryl methyl sites for hydroxylation is 1. The molecule has 1 fully saturated rings. The number of nitro groups is 1. The van der Waals surface area contributed by atoms with Crippen molar-refractivity contribution in [3.63, 3.8) is 0 Å². The number of nitro benzene ring substituents is 1. The van der Waals surface area contributed by atoms with Gasteiger partial charge in [0.2, 0.25) is 11.8 Å². The van der Waals surface area contributed by atoms with Crippen molar-refractivity contribution in [3.8, 4) is 17.4 Å². The number of aromatic hydroxyl groups is 2. The molecule has 1 saturated heterocycles. The summed E-state index contributed by atoms with van der Waals surface area (Å²) in [7, 11) is 0. The normalized spacial score (nSPS) is 27.5. The van der Waals surface area contributed by atoms with Crippen LogP contribution in [0.1, 0.15) is 43.4 Å². The molecule has 1 aromatic carbocycles. The Morgan fingerprint density at radius 1 is 1.17 bits per heavy atom. The molecule has 2 N–H and O–H groups in total. The third-order valence-electron chi connectivity index (χ3n) is 5.34. The van der Waals surface area contributed by atoms with E-state index >= 15 is 0 Å². The maximum atomic E-state index is 11.0. The third kappa shape index (κ3) is 1.65. The highest BCUT2D eigenvalue weighted by Crippen LogP contribution is 2.64. The van der Waals surface area contributed by atoms with Crippen molar-refractivity contribution in [3.05, 3.63) is 45.0 Å². The molecule has 3 heterocycles. The molecule has 24 heavy (non-hydrogen) atoms. The number of fused-ring (bicyclic) bond motifs is 5. The van der Waals surface area contributed by atoms with Crippen LogP contribution in [0, 0.1) is 17.0 Å². The fraction of sp³-hybridized carbons (Fsp3) is 0.412. The summed E-state index contributed by atoms with van der Waals surface area (Å²) in [5, 5.41) is 32.5. The Kier molecular flexibility index (Phi) is 2.69. The van der Waals surface area contributed by atoms with Gasteiger partial charge in [-0.3, -0.25) is 14.7 Å². The first-order chi connectivity index (χ1) is 11.2. The van der Waals surface area contributed by atoms with E-state index in [1.807, 2.05) is 13.8 Å². The fourth-order valence-electron chi connectivity index (χ4n) is 4.21. The van der Waals surface area contributed by atoms with Gasteiger partial charge in [-0.2, -0.15) is 0 Å². The van der Waals surface area contributed by atoms with Crippen LogP contribution in [0.4, 0.5) is 5.69 Å². The zero-order valence-corrected chi connectivity index (χ0v) is 13.7. The standard InChI is InChI=1S/C17H18N2O5/c1-9-8-10(4-5-11(9)19(22)23)18-14(20)12-13(15(18)21)17(3)7-6-16(12,2)24-17/h4-5,8,20-21H,6-7H2,1-3H3. The van der Waals surface area contributed by atoms with Gasteiger partial charge in [0.05, 0.1) is 32.9 Å². The van der Waals surface area contributed by atoms with E-state index in [1.165, 1.54) is 16.7 Å². The molecule has 7 nitrogen and oxygen atoms in total. The zero-order valence-electron chi connectivity index (χ0n) is 13.7. The van der Waals surface area contributed by atoms with Crippen molar-refractivity contribution in [1.82, 2.24) is 4.57 Å². The summed E-state index contributed by atoms with van der Waals surface area (Å²) >= 11 is 0. The van der Waals surface area contributed by atoms with Crippen LogP contribution in [0.25, 0.3) is 5.69 Å². The van der Waals surface area contributed by atoms with Crippen molar-refractivity contribution in [2.75, 3.05) is 0 Å². The minimum atomic E-state index is -0.618. The van der Waals surface area contributed by atoms with Crippen LogP contribution in [0.3, 0.4) is 0 Å². The van der Waals surface area contributed by atoms with Gasteiger partial charge in [-0.05, 0) is 45.7 Å². The second-order valence-corrected chi connectivity index (χ2v) is 7.02. The predicted octanol–water partition coefficient (Wildman–Crippen LogP) is 3.36. The van der Waals surface area contributed by atoms with E-state index in [0.29, 0.717) is 22.4 Å². The van der Waals surface area contributed by atoms with Crippen molar-refractivity contribution >= 4 is 5.69 Å². The summed E-state index contributed by atoms with van der Waals surface area (Å²) in [6, 6.07) is 4.48. The zero-order chi connectivity index (χ0) is 17.4. The second kappa shape index (κ2) is 4.30. The Morgan fingerprint density at radius 3 is 2.17 bits per heavy atom. The van der Waals surface area contributed by atoms with Gasteiger partial charge < -0.3 is 14.9 Å². The highest BCUT2D eigenvalue weighted by molar-refractivity contribution is 5.61. The summed E-state index contributed by atoms with van der Waals surface area (Å²) in [6.45, 7) is 5.45. The summed E-state index contributed by atoms with van der Waals surface area (Å²) < 4.78 is 7.40. The topological polar surface area (TPSA) is 97.8 Å². The first-order valence-corrected chi connectivity index (χ1v) is 7.81. The van der Waals surface area contributed by atoms with Crippen LogP contribution in [0.15, 0.2) is 18.2 Å². The molecule has 1 aromatic heterocycles. The summed E-state index contributed by atoms with van der Waals surface area (Å²) in [5.74, 6) is -0.136. The van der Waals surface area contributed by atoms with E-state index in [2.05, 4.69) is 0 Å². The van der Waals surface area contributed by atoms with Crippen molar-refractivity contribution in [2.45, 2.75) is 44.8 Å². The van der Waals surface area contributed by atoms with E-state index in [9.17, 15) is 20.3 Å². The van der Waals surface area contributed by atoms with E-state index in [1.54, 1.807) is 13.0 Å². The SMILES string of the molecule is Cc1cc(-n2c(O)c3c(c2O)C2(C)CCC3(C)O2)ccc1[N+](=O)[O-]. The predicted molar refractivity (Wildman–Crippen MR) is 85.5 cm³/mol. The molecule has 0 saturated carbocycles. The quantitative estimate of drug-likeness (QED) is 0.650. The third-order valence-corrected chi connectivity index (χ3v) is 5.34. The highest BCUT2D eigenvalue weighted by atomic mass is 16.6. The van der Waals surface area contributed by atoms with Crippen LogP contribution in [0.5, 0.6) is 11.8 Å². The lowest BCUT2D eigenvalue weighted by molar-refractivity contribution is -0.385. The van der Waals surface area contributed by atoms with Gasteiger partial charge in [0, 0.05) is 11.6 Å². The molecule has 2 unspecified atom stereocenters. The molecular formula is C17H18N2O5. The van der Waals surface area contributed by atoms with Crippen molar-refractivity contribution in [1.29, 1.82) is 0 Å². The van der Waals surface area contributed by atoms with Crippen molar-refractivity contribution in [2.24, 2.45) is 0 Å². The van der Waals surface area contributed by atoms with E-state index in [-0.39, 0.29) is 17.4 Å². The monoisotopic (exact) mass is 330 g/mol. The highest BCUT2D eigenvalue weighted by Gasteiger charge is 2.59. The lowest BCUT2D eigenvalue weighted by Crippen LogP contribution is -2.17. The minimum Gasteiger partial charge on any atom is -0.494 e. The maximum Gasteiger partial charge on any atom is 0.272 e. The van der Waals surface area contributed by atoms with Gasteiger partial charge in [0.15, 0.2) is 0 Å². The van der Waals surface area contributed by atoms with Crippen LogP contribution < -0.4 is 0 Å². The second-order valence-electron chi connectivity index (χ2n) is 7.02. The molecule has 2 aromatic rings. The molecule has 0 spiro atoms. The van der Waals surface area contributed by atoms with Crippen LogP contribution in [-0.4, -0.2) is 19.7 Å². The molecule has 2 aliphatic rings. The van der Waals surface area contributed by atoms with Crippen LogP contribution in [0.2, 0.25) is 0 Å². The molecule has 7 heteroatoms. The Balaban J connectivity index is 1.94. The van der Waals surface area contributed by atoms with Crippen LogP contribution >= 0.6 is 0 Å². The summed E-state index contributed by atoms with van der Waals surface area (Å²) in [5.41, 5.74) is 0.935. The molecule has 2 bridgehead atoms. The van der Waals surface area contributed by atoms with Gasteiger partial charge in [0.1, 0.15) is 0 Å². The Hall–Kier alpha value is -2.54. The number of hydrogen-bond acceptors (Lipinski definition) is 5. The Bertz CT molecular complexity index is 863. The average molecular weight is 330 g/mol. The van der Waals surface area contributed by atoms with Gasteiger partial charge in [-0.15, -0.1) is 0 Å². The molecule has 4 rings (SSSR count). The first kappa shape index (κ1) is 15.0. The molecule has 0 amide bonds. The first-order valence-electron chi connectivity index (χ1n) is 7.81. The summed E-state index contributed by atoms with van der Waals surface area (Å²) in [4.78, 5) is 10.5. The largest absolute Gasteiger partial charge is 0.494 e. The molecule has 2 atom stereocenters. The smallest absolute Gasteiger partial charge is 0.272 e. The van der Waals surface area contributed by atoms with E-state index in [4.69, 9.17) is 4.74 Å². The molecular weight excluding hydrogens is 312 g/mol. The number of rotatable bonds is 2. The van der Waals surface area contributed by atoms with Gasteiger partial charge in [-0.25, -0.2) is 0 Å². The lowest BCUT2D eigenvalue weighted by atomic mass is 9.80. The van der Waals surface area contributed by atoms with Gasteiger partial charge >= 0.3 is 0 Å². The van der Waals surface area contributed by atoms with Crippen molar-refractivity contribution < 1.29 is 19.9 Å². The number of aromatic nitrogens is 1. The molecule has 0 aliphatic carbocycles. The number of ether oxygens (including phenoxy) is 1. The molecule has 126 valence electrons. The average Bonchev–Trinajstić information content (AvgIpc) is 3.03. The number of hydrogen-bond donors (Lipinski definition) is 2. The lowest BCUT2D eigenvalue weighted by Gasteiger charge is -2.21. The van der Waals surface area contributed by atoms with E-state index < -0.39 is 16.1 Å². The van der Waals surface area contributed by atoms with Crippen LogP contribution in [-0.2, 0) is 15.9 Å². The van der Waals surface area contributed by atoms with Gasteiger partial charge in [0.25, 0.3) is 5.69 Å². The number of nitrogens with zero attached hydrogens (tertiary/aromatic N) is 2. The van der Waals surface area contributed by atoms with Gasteiger partial charge in [-0.1, -0.05) is 0 Å². The minimum absolute atomic E-state index is 0.000229. The number of benzene rings is 1.